The van der Waals surface area contributed by atoms with Crippen molar-refractivity contribution < 1.29 is 24.0 Å². The summed E-state index contributed by atoms with van der Waals surface area (Å²) in [5, 5.41) is 18.9. The molecule has 2 amide bonds. The van der Waals surface area contributed by atoms with Crippen LogP contribution in [0.3, 0.4) is 0 Å². The number of hydrogen-bond acceptors (Lipinski definition) is 9. The average molecular weight is 562 g/mol. The molecule has 206 valence electrons. The van der Waals surface area contributed by atoms with E-state index in [0.29, 0.717) is 22.2 Å². The van der Waals surface area contributed by atoms with E-state index in [-0.39, 0.29) is 23.5 Å². The van der Waals surface area contributed by atoms with Crippen LogP contribution in [0.5, 0.6) is 11.5 Å². The van der Waals surface area contributed by atoms with Crippen molar-refractivity contribution in [3.8, 4) is 11.5 Å². The molecule has 1 atom stereocenters. The number of nitrogens with one attached hydrogen (secondary N) is 1. The zero-order valence-electron chi connectivity index (χ0n) is 22.3. The summed E-state index contributed by atoms with van der Waals surface area (Å²) < 4.78 is 10.6. The van der Waals surface area contributed by atoms with E-state index in [1.807, 2.05) is 44.2 Å². The average Bonchev–Trinajstić information content (AvgIpc) is 3.23. The molecule has 0 spiro atoms. The molecule has 0 saturated carbocycles. The van der Waals surface area contributed by atoms with E-state index in [9.17, 15) is 19.7 Å². The van der Waals surface area contributed by atoms with Gasteiger partial charge in [-0.3, -0.25) is 19.7 Å². The van der Waals surface area contributed by atoms with E-state index < -0.39 is 22.0 Å². The van der Waals surface area contributed by atoms with Gasteiger partial charge in [-0.15, -0.1) is 0 Å². The second kappa shape index (κ2) is 12.4. The Hall–Kier alpha value is -4.71. The van der Waals surface area contributed by atoms with Gasteiger partial charge in [-0.1, -0.05) is 36.0 Å². The lowest BCUT2D eigenvalue weighted by Crippen LogP contribution is -2.29. The lowest BCUT2D eigenvalue weighted by atomic mass is 10.1. The number of amidine groups is 1. The number of thioether (sulfide) groups is 1. The number of nitro benzene ring substituents is 1. The van der Waals surface area contributed by atoms with Gasteiger partial charge in [0.1, 0.15) is 16.7 Å². The van der Waals surface area contributed by atoms with E-state index >= 15 is 0 Å². The lowest BCUT2D eigenvalue weighted by molar-refractivity contribution is -0.384. The number of ether oxygens (including phenoxy) is 2. The molecule has 3 aromatic rings. The maximum atomic E-state index is 13.5. The molecule has 1 fully saturated rings. The molecule has 0 aromatic heterocycles. The molecular weight excluding hydrogens is 534 g/mol. The van der Waals surface area contributed by atoms with Crippen LogP contribution < -0.4 is 14.8 Å². The first kappa shape index (κ1) is 28.3. The first-order valence-electron chi connectivity index (χ1n) is 12.2. The predicted molar refractivity (Wildman–Crippen MR) is 155 cm³/mol. The minimum Gasteiger partial charge on any atom is -0.496 e. The zero-order valence-corrected chi connectivity index (χ0v) is 23.1. The van der Waals surface area contributed by atoms with Crippen molar-refractivity contribution >= 4 is 52.0 Å². The number of aryl methyl sites for hydroxylation is 1. The monoisotopic (exact) mass is 561 g/mol. The van der Waals surface area contributed by atoms with Crippen molar-refractivity contribution in [1.82, 2.24) is 5.01 Å². The number of rotatable bonds is 9. The fourth-order valence-electron chi connectivity index (χ4n) is 3.89. The Labute approximate surface area is 235 Å². The standard InChI is InChI=1S/C28H27N5O6S/c1-17-8-7-10-21(18(17)2)31-28-32(29-16-19-9-5-6-11-23(19)38-3)27(35)25(40-28)15-26(34)30-22-13-12-20(33(36)37)14-24(22)39-4/h5-14,16,25H,15H2,1-4H3,(H,30,34). The van der Waals surface area contributed by atoms with Crippen molar-refractivity contribution in [3.05, 3.63) is 87.5 Å². The second-order valence-corrected chi connectivity index (χ2v) is 9.92. The van der Waals surface area contributed by atoms with Crippen LogP contribution in [-0.2, 0) is 9.59 Å². The number of carbonyl (C=O) groups excluding carboxylic acids is 2. The Bertz CT molecular complexity index is 1520. The summed E-state index contributed by atoms with van der Waals surface area (Å²) in [7, 11) is 2.89. The minimum absolute atomic E-state index is 0.133. The second-order valence-electron chi connectivity index (χ2n) is 8.75. The summed E-state index contributed by atoms with van der Waals surface area (Å²) in [4.78, 5) is 41.7. The van der Waals surface area contributed by atoms with Crippen LogP contribution in [0.15, 0.2) is 70.8 Å². The minimum atomic E-state index is -0.803. The third-order valence-corrected chi connectivity index (χ3v) is 7.33. The van der Waals surface area contributed by atoms with Gasteiger partial charge in [0.25, 0.3) is 11.6 Å². The number of hydrogen-bond donors (Lipinski definition) is 1. The summed E-state index contributed by atoms with van der Waals surface area (Å²) in [6.45, 7) is 3.92. The van der Waals surface area contributed by atoms with E-state index in [2.05, 4.69) is 10.4 Å². The molecule has 1 N–H and O–H groups in total. The molecule has 0 bridgehead atoms. The fourth-order valence-corrected chi connectivity index (χ4v) is 4.96. The van der Waals surface area contributed by atoms with Crippen LogP contribution in [0.1, 0.15) is 23.1 Å². The number of anilines is 1. The van der Waals surface area contributed by atoms with Crippen LogP contribution in [-0.4, -0.2) is 52.6 Å². The number of non-ortho nitro benzene ring substituents is 1. The fraction of sp³-hybridized carbons (Fsp3) is 0.214. The molecule has 3 aromatic carbocycles. The normalized spacial score (nSPS) is 16.0. The predicted octanol–water partition coefficient (Wildman–Crippen LogP) is 5.22. The van der Waals surface area contributed by atoms with Crippen LogP contribution in [0, 0.1) is 24.0 Å². The smallest absolute Gasteiger partial charge is 0.273 e. The van der Waals surface area contributed by atoms with Gasteiger partial charge in [0, 0.05) is 18.1 Å². The number of nitro groups is 1. The first-order valence-corrected chi connectivity index (χ1v) is 13.0. The number of aliphatic imine (C=N–C) groups is 1. The number of carbonyl (C=O) groups is 2. The van der Waals surface area contributed by atoms with E-state index in [1.54, 1.807) is 19.2 Å². The SMILES string of the molecule is COc1ccccc1C=NN1C(=O)C(CC(=O)Nc2ccc([N+](=O)[O-])cc2OC)SC1=Nc1cccc(C)c1C. The number of amides is 2. The molecule has 4 rings (SSSR count). The summed E-state index contributed by atoms with van der Waals surface area (Å²) in [5.41, 5.74) is 3.45. The molecule has 0 radical (unpaired) electrons. The zero-order chi connectivity index (χ0) is 28.8. The third-order valence-electron chi connectivity index (χ3n) is 6.20. The largest absolute Gasteiger partial charge is 0.496 e. The van der Waals surface area contributed by atoms with Gasteiger partial charge >= 0.3 is 0 Å². The van der Waals surface area contributed by atoms with Gasteiger partial charge < -0.3 is 14.8 Å². The molecule has 1 heterocycles. The summed E-state index contributed by atoms with van der Waals surface area (Å²) in [6.07, 6.45) is 1.33. The van der Waals surface area contributed by atoms with Crippen molar-refractivity contribution in [2.75, 3.05) is 19.5 Å². The lowest BCUT2D eigenvalue weighted by Gasteiger charge is -2.12. The van der Waals surface area contributed by atoms with Crippen molar-refractivity contribution in [3.63, 3.8) is 0 Å². The molecule has 1 aliphatic heterocycles. The van der Waals surface area contributed by atoms with E-state index in [4.69, 9.17) is 14.5 Å². The Balaban J connectivity index is 1.60. The topological polar surface area (TPSA) is 136 Å². The molecule has 12 heteroatoms. The van der Waals surface area contributed by atoms with Gasteiger partial charge in [0.05, 0.1) is 42.8 Å². The van der Waals surface area contributed by atoms with Crippen LogP contribution in [0.4, 0.5) is 17.1 Å². The Morgan fingerprint density at radius 1 is 1.10 bits per heavy atom. The summed E-state index contributed by atoms with van der Waals surface area (Å²) in [5.74, 6) is -0.162. The van der Waals surface area contributed by atoms with Crippen molar-refractivity contribution in [2.24, 2.45) is 10.1 Å². The Morgan fingerprint density at radius 2 is 1.85 bits per heavy atom. The Kier molecular flexibility index (Phi) is 8.80. The number of nitrogens with zero attached hydrogens (tertiary/aromatic N) is 4. The highest BCUT2D eigenvalue weighted by atomic mass is 32.2. The maximum Gasteiger partial charge on any atom is 0.273 e. The molecule has 40 heavy (non-hydrogen) atoms. The highest BCUT2D eigenvalue weighted by molar-refractivity contribution is 8.15. The Morgan fingerprint density at radius 3 is 2.58 bits per heavy atom. The maximum absolute atomic E-state index is 13.5. The van der Waals surface area contributed by atoms with Crippen molar-refractivity contribution in [2.45, 2.75) is 25.5 Å². The molecule has 1 saturated heterocycles. The van der Waals surface area contributed by atoms with Crippen LogP contribution >= 0.6 is 11.8 Å². The first-order chi connectivity index (χ1) is 19.2. The number of para-hydroxylation sites is 1. The highest BCUT2D eigenvalue weighted by Gasteiger charge is 2.40. The molecule has 1 aliphatic rings. The highest BCUT2D eigenvalue weighted by Crippen LogP contribution is 2.34. The van der Waals surface area contributed by atoms with Gasteiger partial charge in [0.2, 0.25) is 5.91 Å². The van der Waals surface area contributed by atoms with Gasteiger partial charge in [-0.25, -0.2) is 4.99 Å². The van der Waals surface area contributed by atoms with Gasteiger partial charge in [-0.2, -0.15) is 10.1 Å². The van der Waals surface area contributed by atoms with Gasteiger partial charge in [0.15, 0.2) is 5.17 Å². The number of benzene rings is 3. The van der Waals surface area contributed by atoms with E-state index in [0.717, 1.165) is 22.9 Å². The van der Waals surface area contributed by atoms with E-state index in [1.165, 1.54) is 36.5 Å². The molecular formula is C28H27N5O6S. The molecule has 0 aliphatic carbocycles. The van der Waals surface area contributed by atoms with Crippen LogP contribution in [0.2, 0.25) is 0 Å². The molecule has 11 nitrogen and oxygen atoms in total. The summed E-state index contributed by atoms with van der Waals surface area (Å²) >= 11 is 1.14. The quantitative estimate of drug-likeness (QED) is 0.215. The number of hydrazone groups is 1. The van der Waals surface area contributed by atoms with Gasteiger partial charge in [-0.05, 0) is 49.2 Å². The van der Waals surface area contributed by atoms with Crippen molar-refractivity contribution in [1.29, 1.82) is 0 Å². The van der Waals surface area contributed by atoms with Crippen LogP contribution in [0.25, 0.3) is 0 Å². The summed E-state index contributed by atoms with van der Waals surface area (Å²) in [6, 6.07) is 16.8. The third kappa shape index (κ3) is 6.29. The molecule has 1 unspecified atom stereocenters. The number of methoxy groups -OCH3 is 2.